The van der Waals surface area contributed by atoms with E-state index in [-0.39, 0.29) is 12.4 Å². The van der Waals surface area contributed by atoms with Gasteiger partial charge in [-0.15, -0.1) is 0 Å². The van der Waals surface area contributed by atoms with Gasteiger partial charge >= 0.3 is 5.97 Å². The van der Waals surface area contributed by atoms with Crippen LogP contribution in [0.5, 0.6) is 0 Å². The third-order valence-electron chi connectivity index (χ3n) is 5.19. The number of nitriles is 1. The molecule has 6 nitrogen and oxygen atoms in total. The number of carbonyl (C=O) groups excluding carboxylic acids is 1. The SMILES string of the molecule is [C-]#[N+]C1=C(C)N(c2cccc(C)c2)C(=N)C(C(=O)OCC)C1c1ccc(C#N)cc1. The van der Waals surface area contributed by atoms with Crippen molar-refractivity contribution in [3.05, 3.63) is 88.0 Å². The summed E-state index contributed by atoms with van der Waals surface area (Å²) in [6, 6.07) is 16.5. The summed E-state index contributed by atoms with van der Waals surface area (Å²) < 4.78 is 5.30. The van der Waals surface area contributed by atoms with Crippen LogP contribution in [0.3, 0.4) is 0 Å². The Morgan fingerprint density at radius 2 is 1.97 bits per heavy atom. The van der Waals surface area contributed by atoms with Gasteiger partial charge in [0.25, 0.3) is 0 Å². The van der Waals surface area contributed by atoms with Gasteiger partial charge in [-0.05, 0) is 56.2 Å². The first-order chi connectivity index (χ1) is 14.4. The van der Waals surface area contributed by atoms with Crippen molar-refractivity contribution in [2.75, 3.05) is 11.5 Å². The highest BCUT2D eigenvalue weighted by molar-refractivity contribution is 6.12. The van der Waals surface area contributed by atoms with Crippen LogP contribution < -0.4 is 4.90 Å². The van der Waals surface area contributed by atoms with E-state index in [4.69, 9.17) is 22.0 Å². The lowest BCUT2D eigenvalue weighted by Gasteiger charge is -2.39. The number of hydrogen-bond donors (Lipinski definition) is 1. The highest BCUT2D eigenvalue weighted by Gasteiger charge is 2.45. The second-order valence-electron chi connectivity index (χ2n) is 7.08. The molecule has 0 saturated heterocycles. The summed E-state index contributed by atoms with van der Waals surface area (Å²) in [6.07, 6.45) is 0. The number of ether oxygens (including phenoxy) is 1. The number of rotatable bonds is 4. The molecule has 30 heavy (non-hydrogen) atoms. The number of carbonyl (C=O) groups is 1. The Labute approximate surface area is 176 Å². The first-order valence-corrected chi connectivity index (χ1v) is 9.63. The van der Waals surface area contributed by atoms with E-state index >= 15 is 0 Å². The second kappa shape index (κ2) is 8.63. The van der Waals surface area contributed by atoms with Gasteiger partial charge in [0.1, 0.15) is 11.8 Å². The van der Waals surface area contributed by atoms with Crippen molar-refractivity contribution in [2.24, 2.45) is 5.92 Å². The predicted octanol–water partition coefficient (Wildman–Crippen LogP) is 4.78. The number of allylic oxidation sites excluding steroid dienone is 2. The van der Waals surface area contributed by atoms with E-state index in [0.717, 1.165) is 11.3 Å². The monoisotopic (exact) mass is 398 g/mol. The average molecular weight is 398 g/mol. The van der Waals surface area contributed by atoms with Gasteiger partial charge in [0.15, 0.2) is 5.70 Å². The number of anilines is 1. The van der Waals surface area contributed by atoms with Crippen LogP contribution in [0, 0.1) is 36.2 Å². The molecule has 2 aromatic carbocycles. The lowest BCUT2D eigenvalue weighted by molar-refractivity contribution is -0.146. The summed E-state index contributed by atoms with van der Waals surface area (Å²) in [5.74, 6) is -2.09. The molecule has 0 amide bonds. The zero-order valence-electron chi connectivity index (χ0n) is 17.1. The number of hydrogen-bond acceptors (Lipinski definition) is 4. The van der Waals surface area contributed by atoms with Gasteiger partial charge in [-0.25, -0.2) is 4.85 Å². The maximum Gasteiger partial charge on any atom is 0.316 e. The Hall–Kier alpha value is -3.90. The van der Waals surface area contributed by atoms with Gasteiger partial charge in [-0.3, -0.25) is 10.2 Å². The van der Waals surface area contributed by atoms with E-state index < -0.39 is 17.8 Å². The third-order valence-corrected chi connectivity index (χ3v) is 5.19. The predicted molar refractivity (Wildman–Crippen MR) is 115 cm³/mol. The number of nitrogens with one attached hydrogen (secondary N) is 1. The molecule has 0 fully saturated rings. The van der Waals surface area contributed by atoms with Crippen LogP contribution in [0.15, 0.2) is 59.9 Å². The molecule has 2 unspecified atom stereocenters. The highest BCUT2D eigenvalue weighted by atomic mass is 16.5. The molecule has 0 aliphatic carbocycles. The topological polar surface area (TPSA) is 81.5 Å². The number of aryl methyl sites for hydroxylation is 1. The molecule has 1 aliphatic heterocycles. The lowest BCUT2D eigenvalue weighted by atomic mass is 9.78. The fourth-order valence-corrected chi connectivity index (χ4v) is 3.82. The summed E-state index contributed by atoms with van der Waals surface area (Å²) in [5, 5.41) is 18.0. The zero-order valence-corrected chi connectivity index (χ0v) is 17.1. The molecule has 2 aromatic rings. The Balaban J connectivity index is 2.22. The summed E-state index contributed by atoms with van der Waals surface area (Å²) in [6.45, 7) is 13.5. The fraction of sp³-hybridized carbons (Fsp3) is 0.250. The first kappa shape index (κ1) is 20.8. The summed E-state index contributed by atoms with van der Waals surface area (Å²) >= 11 is 0. The average Bonchev–Trinajstić information content (AvgIpc) is 2.73. The van der Waals surface area contributed by atoms with Crippen molar-refractivity contribution in [3.8, 4) is 6.07 Å². The summed E-state index contributed by atoms with van der Waals surface area (Å²) in [4.78, 5) is 18.4. The van der Waals surface area contributed by atoms with E-state index in [1.54, 1.807) is 43.0 Å². The maximum atomic E-state index is 13.0. The Morgan fingerprint density at radius 3 is 2.53 bits per heavy atom. The molecule has 3 rings (SSSR count). The first-order valence-electron chi connectivity index (χ1n) is 9.63. The van der Waals surface area contributed by atoms with Crippen LogP contribution in [-0.4, -0.2) is 18.4 Å². The van der Waals surface area contributed by atoms with Crippen LogP contribution in [0.4, 0.5) is 5.69 Å². The molecule has 0 saturated carbocycles. The molecule has 1 heterocycles. The van der Waals surface area contributed by atoms with Crippen LogP contribution >= 0.6 is 0 Å². The van der Waals surface area contributed by atoms with Crippen molar-refractivity contribution < 1.29 is 9.53 Å². The minimum absolute atomic E-state index is 0.0679. The smallest absolute Gasteiger partial charge is 0.316 e. The van der Waals surface area contributed by atoms with Crippen LogP contribution in [0.25, 0.3) is 4.85 Å². The quantitative estimate of drug-likeness (QED) is 0.594. The Morgan fingerprint density at radius 1 is 1.27 bits per heavy atom. The van der Waals surface area contributed by atoms with Crippen molar-refractivity contribution >= 4 is 17.5 Å². The van der Waals surface area contributed by atoms with Crippen molar-refractivity contribution in [1.29, 1.82) is 10.7 Å². The second-order valence-corrected chi connectivity index (χ2v) is 7.08. The molecular weight excluding hydrogens is 376 g/mol. The molecule has 1 N–H and O–H groups in total. The largest absolute Gasteiger partial charge is 0.465 e. The Kier molecular flexibility index (Phi) is 5.99. The summed E-state index contributed by atoms with van der Waals surface area (Å²) in [5.41, 5.74) is 3.92. The number of nitrogens with zero attached hydrogens (tertiary/aromatic N) is 3. The van der Waals surface area contributed by atoms with Gasteiger partial charge in [0.05, 0.1) is 24.8 Å². The highest BCUT2D eigenvalue weighted by Crippen LogP contribution is 2.43. The van der Waals surface area contributed by atoms with Crippen LogP contribution in [0.2, 0.25) is 0 Å². The molecule has 0 spiro atoms. The molecule has 0 bridgehead atoms. The number of benzene rings is 2. The molecule has 2 atom stereocenters. The van der Waals surface area contributed by atoms with Gasteiger partial charge < -0.3 is 9.64 Å². The van der Waals surface area contributed by atoms with E-state index in [1.165, 1.54) is 0 Å². The maximum absolute atomic E-state index is 13.0. The minimum atomic E-state index is -0.966. The number of esters is 1. The standard InChI is InChI=1S/C24H22N4O2/c1-5-30-24(29)21-20(18-11-9-17(14-25)10-12-18)22(27-4)16(3)28(23(21)26)19-8-6-7-15(2)13-19/h6-13,20-21,26H,5H2,1-3H3. The van der Waals surface area contributed by atoms with Gasteiger partial charge in [-0.1, -0.05) is 24.3 Å². The molecule has 6 heteroatoms. The van der Waals surface area contributed by atoms with Gasteiger partial charge in [-0.2, -0.15) is 5.26 Å². The van der Waals surface area contributed by atoms with E-state index in [0.29, 0.717) is 22.5 Å². The molecule has 0 aromatic heterocycles. The zero-order chi connectivity index (χ0) is 21.8. The van der Waals surface area contributed by atoms with Crippen molar-refractivity contribution in [1.82, 2.24) is 0 Å². The molecular formula is C24H22N4O2. The van der Waals surface area contributed by atoms with E-state index in [1.807, 2.05) is 31.2 Å². The van der Waals surface area contributed by atoms with Crippen LogP contribution in [0.1, 0.15) is 36.5 Å². The molecule has 0 radical (unpaired) electrons. The molecule has 150 valence electrons. The van der Waals surface area contributed by atoms with Crippen molar-refractivity contribution in [2.45, 2.75) is 26.7 Å². The fourth-order valence-electron chi connectivity index (χ4n) is 3.82. The Bertz CT molecular complexity index is 1100. The molecule has 1 aliphatic rings. The van der Waals surface area contributed by atoms with E-state index in [2.05, 4.69) is 10.9 Å². The lowest BCUT2D eigenvalue weighted by Crippen LogP contribution is -2.46. The van der Waals surface area contributed by atoms with E-state index in [9.17, 15) is 4.79 Å². The third kappa shape index (κ3) is 3.68. The summed E-state index contributed by atoms with van der Waals surface area (Å²) in [7, 11) is 0. The van der Waals surface area contributed by atoms with Gasteiger partial charge in [0.2, 0.25) is 0 Å². The minimum Gasteiger partial charge on any atom is -0.465 e. The van der Waals surface area contributed by atoms with Crippen molar-refractivity contribution in [3.63, 3.8) is 0 Å². The van der Waals surface area contributed by atoms with Gasteiger partial charge in [0, 0.05) is 17.3 Å². The normalized spacial score (nSPS) is 18.6. The number of amidine groups is 1. The van der Waals surface area contributed by atoms with Crippen LogP contribution in [-0.2, 0) is 9.53 Å².